The van der Waals surface area contributed by atoms with Crippen LogP contribution in [0.3, 0.4) is 0 Å². The molecule has 2 aliphatic rings. The SMILES string of the molecule is CCCCC(CC)C(=O)N1CCC2(CC1)SCC(=O)N2CCc1ccccc1. The third-order valence-electron chi connectivity index (χ3n) is 6.33. The van der Waals surface area contributed by atoms with Gasteiger partial charge in [-0.05, 0) is 37.7 Å². The number of likely N-dealkylation sites (tertiary alicyclic amines) is 1. The molecular weight excluding hydrogens is 368 g/mol. The molecule has 1 unspecified atom stereocenters. The van der Waals surface area contributed by atoms with Crippen LogP contribution in [-0.2, 0) is 16.0 Å². The fourth-order valence-electron chi connectivity index (χ4n) is 4.49. The highest BCUT2D eigenvalue weighted by Gasteiger charge is 2.48. The van der Waals surface area contributed by atoms with E-state index in [2.05, 4.69) is 47.9 Å². The van der Waals surface area contributed by atoms with E-state index in [0.29, 0.717) is 11.7 Å². The summed E-state index contributed by atoms with van der Waals surface area (Å²) in [5, 5.41) is 0. The number of unbranched alkanes of at least 4 members (excludes halogenated alkanes) is 1. The van der Waals surface area contributed by atoms with E-state index in [4.69, 9.17) is 0 Å². The topological polar surface area (TPSA) is 40.6 Å². The Hall–Kier alpha value is -1.49. The molecule has 4 nitrogen and oxygen atoms in total. The Kier molecular flexibility index (Phi) is 7.44. The second-order valence-corrected chi connectivity index (χ2v) is 9.43. The molecule has 2 heterocycles. The predicted molar refractivity (Wildman–Crippen MR) is 116 cm³/mol. The van der Waals surface area contributed by atoms with Gasteiger partial charge in [0, 0.05) is 25.6 Å². The van der Waals surface area contributed by atoms with Gasteiger partial charge >= 0.3 is 0 Å². The summed E-state index contributed by atoms with van der Waals surface area (Å²) in [4.78, 5) is 29.6. The molecule has 0 bridgehead atoms. The first-order valence-corrected chi connectivity index (χ1v) is 11.9. The number of hydrogen-bond acceptors (Lipinski definition) is 3. The molecule has 0 aromatic heterocycles. The molecule has 2 fully saturated rings. The normalized spacial score (nSPS) is 20.0. The van der Waals surface area contributed by atoms with Gasteiger partial charge in [-0.2, -0.15) is 0 Å². The van der Waals surface area contributed by atoms with Crippen LogP contribution >= 0.6 is 11.8 Å². The first-order valence-electron chi connectivity index (χ1n) is 10.9. The maximum Gasteiger partial charge on any atom is 0.233 e. The van der Waals surface area contributed by atoms with Crippen molar-refractivity contribution >= 4 is 23.6 Å². The number of benzene rings is 1. The van der Waals surface area contributed by atoms with E-state index in [1.807, 2.05) is 6.07 Å². The third kappa shape index (κ3) is 4.73. The molecule has 3 rings (SSSR count). The van der Waals surface area contributed by atoms with Crippen molar-refractivity contribution in [3.63, 3.8) is 0 Å². The van der Waals surface area contributed by atoms with Crippen molar-refractivity contribution < 1.29 is 9.59 Å². The highest BCUT2D eigenvalue weighted by molar-refractivity contribution is 8.01. The van der Waals surface area contributed by atoms with Crippen LogP contribution < -0.4 is 0 Å². The third-order valence-corrected chi connectivity index (χ3v) is 7.89. The van der Waals surface area contributed by atoms with Crippen LogP contribution in [0.15, 0.2) is 30.3 Å². The second-order valence-electron chi connectivity index (χ2n) is 8.09. The summed E-state index contributed by atoms with van der Waals surface area (Å²) in [6, 6.07) is 10.4. The van der Waals surface area contributed by atoms with E-state index in [1.54, 1.807) is 11.8 Å². The van der Waals surface area contributed by atoms with Gasteiger partial charge in [0.15, 0.2) is 0 Å². The fraction of sp³-hybridized carbons (Fsp3) is 0.652. The average Bonchev–Trinajstić information content (AvgIpc) is 3.03. The number of hydrogen-bond donors (Lipinski definition) is 0. The van der Waals surface area contributed by atoms with E-state index in [-0.39, 0.29) is 16.7 Å². The Morgan fingerprint density at radius 3 is 2.54 bits per heavy atom. The minimum atomic E-state index is -0.103. The van der Waals surface area contributed by atoms with Gasteiger partial charge < -0.3 is 9.80 Å². The Balaban J connectivity index is 1.59. The smallest absolute Gasteiger partial charge is 0.233 e. The zero-order chi connectivity index (χ0) is 20.0. The summed E-state index contributed by atoms with van der Waals surface area (Å²) >= 11 is 1.80. The van der Waals surface area contributed by atoms with E-state index in [9.17, 15) is 9.59 Å². The summed E-state index contributed by atoms with van der Waals surface area (Å²) < 4.78 is 0. The lowest BCUT2D eigenvalue weighted by Crippen LogP contribution is -2.54. The number of carbonyl (C=O) groups is 2. The molecule has 1 aromatic rings. The van der Waals surface area contributed by atoms with Crippen LogP contribution in [0.1, 0.15) is 57.9 Å². The molecule has 1 spiro atoms. The molecule has 0 N–H and O–H groups in total. The maximum atomic E-state index is 12.9. The summed E-state index contributed by atoms with van der Waals surface area (Å²) in [7, 11) is 0. The van der Waals surface area contributed by atoms with Crippen molar-refractivity contribution in [2.45, 2.75) is 63.7 Å². The summed E-state index contributed by atoms with van der Waals surface area (Å²) in [5.41, 5.74) is 1.27. The number of amides is 2. The lowest BCUT2D eigenvalue weighted by atomic mass is 9.95. The summed E-state index contributed by atoms with van der Waals surface area (Å²) in [6.45, 7) is 6.64. The van der Waals surface area contributed by atoms with Crippen molar-refractivity contribution in [1.29, 1.82) is 0 Å². The molecule has 0 aliphatic carbocycles. The first-order chi connectivity index (χ1) is 13.6. The van der Waals surface area contributed by atoms with Crippen molar-refractivity contribution in [1.82, 2.24) is 9.80 Å². The molecule has 0 radical (unpaired) electrons. The number of thioether (sulfide) groups is 1. The fourth-order valence-corrected chi connectivity index (χ4v) is 5.86. The maximum absolute atomic E-state index is 12.9. The molecule has 0 saturated carbocycles. The van der Waals surface area contributed by atoms with Crippen molar-refractivity contribution in [2.24, 2.45) is 5.92 Å². The molecular formula is C23H34N2O2S. The Labute approximate surface area is 174 Å². The first kappa shape index (κ1) is 21.2. The van der Waals surface area contributed by atoms with E-state index in [0.717, 1.165) is 64.6 Å². The lowest BCUT2D eigenvalue weighted by Gasteiger charge is -2.44. The van der Waals surface area contributed by atoms with Crippen molar-refractivity contribution in [3.8, 4) is 0 Å². The largest absolute Gasteiger partial charge is 0.342 e. The van der Waals surface area contributed by atoms with Gasteiger partial charge in [0.1, 0.15) is 0 Å². The van der Waals surface area contributed by atoms with E-state index in [1.165, 1.54) is 5.56 Å². The number of piperidine rings is 1. The minimum Gasteiger partial charge on any atom is -0.342 e. The van der Waals surface area contributed by atoms with Gasteiger partial charge in [0.2, 0.25) is 11.8 Å². The predicted octanol–water partition coefficient (Wildman–Crippen LogP) is 4.34. The van der Waals surface area contributed by atoms with Crippen LogP contribution in [0, 0.1) is 5.92 Å². The zero-order valence-corrected chi connectivity index (χ0v) is 18.2. The Morgan fingerprint density at radius 1 is 1.18 bits per heavy atom. The highest BCUT2D eigenvalue weighted by atomic mass is 32.2. The molecule has 1 atom stereocenters. The molecule has 5 heteroatoms. The Morgan fingerprint density at radius 2 is 1.89 bits per heavy atom. The van der Waals surface area contributed by atoms with Gasteiger partial charge in [-0.15, -0.1) is 11.8 Å². The van der Waals surface area contributed by atoms with Gasteiger partial charge in [-0.1, -0.05) is 57.0 Å². The van der Waals surface area contributed by atoms with Crippen LogP contribution in [0.5, 0.6) is 0 Å². The monoisotopic (exact) mass is 402 g/mol. The van der Waals surface area contributed by atoms with Gasteiger partial charge in [-0.25, -0.2) is 0 Å². The van der Waals surface area contributed by atoms with Crippen LogP contribution in [0.4, 0.5) is 0 Å². The highest BCUT2D eigenvalue weighted by Crippen LogP contribution is 2.44. The number of carbonyl (C=O) groups excluding carboxylic acids is 2. The summed E-state index contributed by atoms with van der Waals surface area (Å²) in [5.74, 6) is 1.34. The number of rotatable bonds is 8. The van der Waals surface area contributed by atoms with Gasteiger partial charge in [-0.3, -0.25) is 9.59 Å². The second kappa shape index (κ2) is 9.82. The molecule has 2 amide bonds. The van der Waals surface area contributed by atoms with Gasteiger partial charge in [0.25, 0.3) is 0 Å². The number of nitrogens with zero attached hydrogens (tertiary/aromatic N) is 2. The zero-order valence-electron chi connectivity index (χ0n) is 17.4. The van der Waals surface area contributed by atoms with E-state index < -0.39 is 0 Å². The molecule has 28 heavy (non-hydrogen) atoms. The van der Waals surface area contributed by atoms with Crippen LogP contribution in [0.2, 0.25) is 0 Å². The van der Waals surface area contributed by atoms with Crippen LogP contribution in [-0.4, -0.2) is 51.9 Å². The lowest BCUT2D eigenvalue weighted by molar-refractivity contribution is -0.139. The molecule has 154 valence electrons. The average molecular weight is 403 g/mol. The summed E-state index contributed by atoms with van der Waals surface area (Å²) in [6.07, 6.45) is 6.89. The molecule has 2 saturated heterocycles. The standard InChI is InChI=1S/C23H34N2O2S/c1-3-5-11-20(4-2)22(27)24-16-13-23(14-17-24)25(21(26)18-28-23)15-12-19-9-7-6-8-10-19/h6-10,20H,3-5,11-18H2,1-2H3. The van der Waals surface area contributed by atoms with Crippen molar-refractivity contribution in [2.75, 3.05) is 25.4 Å². The quantitative estimate of drug-likeness (QED) is 0.649. The molecule has 1 aromatic carbocycles. The van der Waals surface area contributed by atoms with Crippen molar-refractivity contribution in [3.05, 3.63) is 35.9 Å². The van der Waals surface area contributed by atoms with Crippen LogP contribution in [0.25, 0.3) is 0 Å². The van der Waals surface area contributed by atoms with E-state index >= 15 is 0 Å². The molecule has 2 aliphatic heterocycles. The Bertz CT molecular complexity index is 656. The minimum absolute atomic E-state index is 0.103. The van der Waals surface area contributed by atoms with Gasteiger partial charge in [0.05, 0.1) is 10.6 Å².